The van der Waals surface area contributed by atoms with E-state index in [2.05, 4.69) is 56.8 Å². The minimum absolute atomic E-state index is 0.257. The summed E-state index contributed by atoms with van der Waals surface area (Å²) >= 11 is 0. The molecule has 1 atom stereocenters. The molecule has 0 aromatic carbocycles. The lowest BCUT2D eigenvalue weighted by Gasteiger charge is -2.54. The van der Waals surface area contributed by atoms with E-state index in [9.17, 15) is 0 Å². The highest BCUT2D eigenvalue weighted by atomic mass is 15.3. The molecular weight excluding hydrogens is 198 g/mol. The van der Waals surface area contributed by atoms with Gasteiger partial charge in [0.15, 0.2) is 0 Å². The lowest BCUT2D eigenvalue weighted by Crippen LogP contribution is -2.67. The second-order valence-corrected chi connectivity index (χ2v) is 6.69. The molecule has 1 fully saturated rings. The van der Waals surface area contributed by atoms with Gasteiger partial charge in [-0.3, -0.25) is 9.80 Å². The minimum Gasteiger partial charge on any atom is -0.318 e. The lowest BCUT2D eigenvalue weighted by molar-refractivity contribution is -0.0416. The molecule has 0 spiro atoms. The zero-order valence-corrected chi connectivity index (χ0v) is 12.1. The van der Waals surface area contributed by atoms with E-state index in [4.69, 9.17) is 0 Å². The molecule has 1 unspecified atom stereocenters. The van der Waals surface area contributed by atoms with E-state index in [-0.39, 0.29) is 11.1 Å². The van der Waals surface area contributed by atoms with Crippen molar-refractivity contribution in [3.05, 3.63) is 0 Å². The van der Waals surface area contributed by atoms with Crippen LogP contribution < -0.4 is 5.32 Å². The van der Waals surface area contributed by atoms with Crippen molar-refractivity contribution in [3.63, 3.8) is 0 Å². The Balaban J connectivity index is 2.82. The van der Waals surface area contributed by atoms with Crippen LogP contribution in [0.4, 0.5) is 0 Å². The van der Waals surface area contributed by atoms with Gasteiger partial charge in [-0.15, -0.1) is 0 Å². The molecule has 1 saturated heterocycles. The van der Waals surface area contributed by atoms with Crippen LogP contribution in [-0.4, -0.2) is 60.6 Å². The number of piperazine rings is 1. The van der Waals surface area contributed by atoms with Gasteiger partial charge in [0.25, 0.3) is 0 Å². The van der Waals surface area contributed by atoms with Gasteiger partial charge in [0.1, 0.15) is 0 Å². The van der Waals surface area contributed by atoms with Gasteiger partial charge in [0.2, 0.25) is 0 Å². The maximum Gasteiger partial charge on any atom is 0.0350 e. The Hall–Kier alpha value is -0.120. The van der Waals surface area contributed by atoms with E-state index >= 15 is 0 Å². The third-order valence-corrected chi connectivity index (χ3v) is 3.90. The summed E-state index contributed by atoms with van der Waals surface area (Å²) in [5, 5.41) is 3.31. The fourth-order valence-electron chi connectivity index (χ4n) is 2.46. The summed E-state index contributed by atoms with van der Waals surface area (Å²) in [6, 6.07) is 0.605. The van der Waals surface area contributed by atoms with Crippen LogP contribution in [0.5, 0.6) is 0 Å². The van der Waals surface area contributed by atoms with E-state index in [1.807, 2.05) is 7.05 Å². The largest absolute Gasteiger partial charge is 0.318 e. The molecule has 0 aliphatic carbocycles. The molecular formula is C13H29N3. The molecule has 96 valence electrons. The van der Waals surface area contributed by atoms with E-state index in [0.29, 0.717) is 6.04 Å². The first-order valence-corrected chi connectivity index (χ1v) is 6.31. The Morgan fingerprint density at radius 2 is 1.88 bits per heavy atom. The minimum atomic E-state index is 0.257. The molecule has 1 heterocycles. The van der Waals surface area contributed by atoms with E-state index < -0.39 is 0 Å². The van der Waals surface area contributed by atoms with Crippen LogP contribution in [0, 0.1) is 0 Å². The molecule has 0 amide bonds. The van der Waals surface area contributed by atoms with Crippen LogP contribution in [0.2, 0.25) is 0 Å². The van der Waals surface area contributed by atoms with Crippen molar-refractivity contribution in [1.82, 2.24) is 15.1 Å². The third kappa shape index (κ3) is 2.96. The first-order chi connectivity index (χ1) is 7.18. The second kappa shape index (κ2) is 4.63. The quantitative estimate of drug-likeness (QED) is 0.769. The van der Waals surface area contributed by atoms with Crippen molar-refractivity contribution < 1.29 is 0 Å². The number of likely N-dealkylation sites (N-methyl/N-ethyl adjacent to an activating group) is 2. The predicted octanol–water partition coefficient (Wildman–Crippen LogP) is 1.40. The van der Waals surface area contributed by atoms with Crippen molar-refractivity contribution in [3.8, 4) is 0 Å². The molecule has 3 heteroatoms. The zero-order valence-electron chi connectivity index (χ0n) is 12.1. The fourth-order valence-corrected chi connectivity index (χ4v) is 2.46. The van der Waals surface area contributed by atoms with Crippen LogP contribution in [0.15, 0.2) is 0 Å². The predicted molar refractivity (Wildman–Crippen MR) is 70.9 cm³/mol. The molecule has 1 aliphatic heterocycles. The highest BCUT2D eigenvalue weighted by molar-refractivity contribution is 4.97. The number of nitrogens with one attached hydrogen (secondary N) is 1. The number of rotatable bonds is 2. The average molecular weight is 227 g/mol. The second-order valence-electron chi connectivity index (χ2n) is 6.69. The Bertz CT molecular complexity index is 230. The van der Waals surface area contributed by atoms with E-state index in [0.717, 1.165) is 19.6 Å². The number of nitrogens with zero attached hydrogens (tertiary/aromatic N) is 2. The van der Waals surface area contributed by atoms with Crippen LogP contribution in [-0.2, 0) is 0 Å². The number of hydrogen-bond donors (Lipinski definition) is 1. The number of hydrogen-bond acceptors (Lipinski definition) is 3. The third-order valence-electron chi connectivity index (χ3n) is 3.90. The van der Waals surface area contributed by atoms with Crippen LogP contribution in [0.25, 0.3) is 0 Å². The van der Waals surface area contributed by atoms with Gasteiger partial charge in [-0.05, 0) is 48.7 Å². The standard InChI is InChI=1S/C13H29N3/c1-12(2,3)16-9-11(8-14-6)15(7)13(4,5)10-16/h11,14H,8-10H2,1-7H3. The van der Waals surface area contributed by atoms with Gasteiger partial charge in [0, 0.05) is 36.8 Å². The fraction of sp³-hybridized carbons (Fsp3) is 1.00. The van der Waals surface area contributed by atoms with Gasteiger partial charge < -0.3 is 5.32 Å². The average Bonchev–Trinajstić information content (AvgIpc) is 2.11. The maximum atomic E-state index is 3.31. The maximum absolute atomic E-state index is 3.31. The highest BCUT2D eigenvalue weighted by Gasteiger charge is 2.40. The van der Waals surface area contributed by atoms with Crippen molar-refractivity contribution in [1.29, 1.82) is 0 Å². The van der Waals surface area contributed by atoms with Gasteiger partial charge in [-0.25, -0.2) is 0 Å². The smallest absolute Gasteiger partial charge is 0.0350 e. The summed E-state index contributed by atoms with van der Waals surface area (Å²) in [6.45, 7) is 15.0. The summed E-state index contributed by atoms with van der Waals surface area (Å²) in [5.41, 5.74) is 0.525. The molecule has 1 aliphatic rings. The van der Waals surface area contributed by atoms with Gasteiger partial charge in [0.05, 0.1) is 0 Å². The van der Waals surface area contributed by atoms with Gasteiger partial charge in [-0.2, -0.15) is 0 Å². The zero-order chi connectivity index (χ0) is 12.6. The highest BCUT2D eigenvalue weighted by Crippen LogP contribution is 2.27. The van der Waals surface area contributed by atoms with Crippen LogP contribution in [0.3, 0.4) is 0 Å². The Morgan fingerprint density at radius 1 is 1.31 bits per heavy atom. The van der Waals surface area contributed by atoms with Crippen molar-refractivity contribution in [2.24, 2.45) is 0 Å². The van der Waals surface area contributed by atoms with Crippen molar-refractivity contribution in [2.45, 2.75) is 51.7 Å². The van der Waals surface area contributed by atoms with Crippen molar-refractivity contribution >= 4 is 0 Å². The molecule has 16 heavy (non-hydrogen) atoms. The summed E-state index contributed by atoms with van der Waals surface area (Å²) in [6.07, 6.45) is 0. The van der Waals surface area contributed by atoms with Crippen molar-refractivity contribution in [2.75, 3.05) is 33.7 Å². The SMILES string of the molecule is CNCC1CN(C(C)(C)C)CC(C)(C)N1C. The Kier molecular flexibility index (Phi) is 4.04. The first kappa shape index (κ1) is 13.9. The van der Waals surface area contributed by atoms with Gasteiger partial charge >= 0.3 is 0 Å². The molecule has 0 saturated carbocycles. The molecule has 3 nitrogen and oxygen atoms in total. The summed E-state index contributed by atoms with van der Waals surface area (Å²) in [4.78, 5) is 5.13. The monoisotopic (exact) mass is 227 g/mol. The molecule has 1 rings (SSSR count). The summed E-state index contributed by atoms with van der Waals surface area (Å²) in [5.74, 6) is 0. The van der Waals surface area contributed by atoms with E-state index in [1.165, 1.54) is 0 Å². The molecule has 0 aromatic heterocycles. The Morgan fingerprint density at radius 3 is 2.31 bits per heavy atom. The normalized spacial score (nSPS) is 28.3. The van der Waals surface area contributed by atoms with Crippen LogP contribution >= 0.6 is 0 Å². The molecule has 0 bridgehead atoms. The van der Waals surface area contributed by atoms with Gasteiger partial charge in [-0.1, -0.05) is 0 Å². The topological polar surface area (TPSA) is 18.5 Å². The molecule has 1 N–H and O–H groups in total. The van der Waals surface area contributed by atoms with E-state index in [1.54, 1.807) is 0 Å². The van der Waals surface area contributed by atoms with Crippen LogP contribution in [0.1, 0.15) is 34.6 Å². The lowest BCUT2D eigenvalue weighted by atomic mass is 9.91. The molecule has 0 radical (unpaired) electrons. The summed E-state index contributed by atoms with van der Waals surface area (Å²) < 4.78 is 0. The summed E-state index contributed by atoms with van der Waals surface area (Å²) in [7, 11) is 4.29. The first-order valence-electron chi connectivity index (χ1n) is 6.31. The molecule has 0 aromatic rings. The Labute approximate surface area is 101 Å².